The number of carbonyl (C=O) groups excluding carboxylic acids is 1. The van der Waals surface area contributed by atoms with Gasteiger partial charge in [-0.1, -0.05) is 36.4 Å². The van der Waals surface area contributed by atoms with E-state index >= 15 is 0 Å². The first-order valence-electron chi connectivity index (χ1n) is 12.9. The second-order valence-corrected chi connectivity index (χ2v) is 9.55. The van der Waals surface area contributed by atoms with E-state index in [1.165, 1.54) is 18.0 Å². The maximum atomic E-state index is 13.1. The number of carbonyl (C=O) groups is 2. The summed E-state index contributed by atoms with van der Waals surface area (Å²) in [5, 5.41) is 16.5. The zero-order valence-corrected chi connectivity index (χ0v) is 22.2. The molecule has 0 unspecified atom stereocenters. The van der Waals surface area contributed by atoms with E-state index in [4.69, 9.17) is 9.15 Å². The van der Waals surface area contributed by atoms with Crippen molar-refractivity contribution in [3.8, 4) is 16.9 Å². The number of amides is 2. The Morgan fingerprint density at radius 3 is 2.60 bits per heavy atom. The molecule has 2 N–H and O–H groups in total. The van der Waals surface area contributed by atoms with Crippen molar-refractivity contribution >= 4 is 29.1 Å². The molecule has 1 saturated heterocycles. The summed E-state index contributed by atoms with van der Waals surface area (Å²) in [5.74, 6) is -0.788. The number of hydrogen-bond donors (Lipinski definition) is 2. The number of aliphatic carboxylic acids is 1. The standard InChI is InChI=1S/C28H30N6O6/c1-32-25(35)24(23(39-2)17-29-32)19-10-8-18(9-11-19)16-21(26(36)37)30-27(38)33-12-5-13-34(15-14-33)28-31-20-6-3-4-7-22(20)40-28/h3-4,6-11,17,21H,5,12-16H2,1-2H3,(H,30,38)(H,36,37)/t21-/m0/s1. The van der Waals surface area contributed by atoms with Gasteiger partial charge in [0, 0.05) is 39.6 Å². The Morgan fingerprint density at radius 1 is 1.10 bits per heavy atom. The van der Waals surface area contributed by atoms with Crippen LogP contribution in [-0.2, 0) is 18.3 Å². The number of nitrogens with one attached hydrogen (secondary N) is 1. The molecular formula is C28H30N6O6. The topological polar surface area (TPSA) is 143 Å². The van der Waals surface area contributed by atoms with Crippen LogP contribution in [-0.4, -0.2) is 76.1 Å². The van der Waals surface area contributed by atoms with Gasteiger partial charge in [0.2, 0.25) is 0 Å². The van der Waals surface area contributed by atoms with E-state index < -0.39 is 18.0 Å². The molecule has 0 saturated carbocycles. The van der Waals surface area contributed by atoms with Gasteiger partial charge >= 0.3 is 12.0 Å². The Bertz CT molecular complexity index is 1550. The molecule has 0 radical (unpaired) electrons. The van der Waals surface area contributed by atoms with Crippen LogP contribution in [0.1, 0.15) is 12.0 Å². The minimum absolute atomic E-state index is 0.0791. The van der Waals surface area contributed by atoms with Gasteiger partial charge in [-0.05, 0) is 29.7 Å². The van der Waals surface area contributed by atoms with E-state index in [1.54, 1.807) is 36.2 Å². The second-order valence-electron chi connectivity index (χ2n) is 9.55. The average molecular weight is 547 g/mol. The normalized spacial score (nSPS) is 14.6. The van der Waals surface area contributed by atoms with Crippen LogP contribution < -0.4 is 20.5 Å². The van der Waals surface area contributed by atoms with Gasteiger partial charge in [0.1, 0.15) is 11.6 Å². The van der Waals surface area contributed by atoms with Gasteiger partial charge in [0.15, 0.2) is 11.3 Å². The predicted octanol–water partition coefficient (Wildman–Crippen LogP) is 2.51. The van der Waals surface area contributed by atoms with Crippen molar-refractivity contribution in [2.45, 2.75) is 18.9 Å². The summed E-state index contributed by atoms with van der Waals surface area (Å²) >= 11 is 0. The number of fused-ring (bicyclic) bond motifs is 1. The van der Waals surface area contributed by atoms with Crippen LogP contribution in [0.25, 0.3) is 22.2 Å². The maximum Gasteiger partial charge on any atom is 0.326 e. The lowest BCUT2D eigenvalue weighted by Gasteiger charge is -2.24. The fourth-order valence-corrected chi connectivity index (χ4v) is 4.73. The number of aromatic nitrogens is 3. The van der Waals surface area contributed by atoms with E-state index in [-0.39, 0.29) is 12.0 Å². The molecule has 12 heteroatoms. The minimum Gasteiger partial charge on any atom is -0.494 e. The molecule has 40 heavy (non-hydrogen) atoms. The number of aryl methyl sites for hydroxylation is 1. The molecule has 2 aromatic carbocycles. The van der Waals surface area contributed by atoms with Crippen molar-refractivity contribution in [1.29, 1.82) is 0 Å². The van der Waals surface area contributed by atoms with Crippen molar-refractivity contribution in [2.75, 3.05) is 38.2 Å². The van der Waals surface area contributed by atoms with Crippen LogP contribution >= 0.6 is 0 Å². The van der Waals surface area contributed by atoms with Crippen LogP contribution in [0, 0.1) is 0 Å². The predicted molar refractivity (Wildman–Crippen MR) is 148 cm³/mol. The van der Waals surface area contributed by atoms with E-state index in [0.29, 0.717) is 66.6 Å². The van der Waals surface area contributed by atoms with Crippen molar-refractivity contribution in [3.05, 3.63) is 70.6 Å². The Balaban J connectivity index is 1.23. The largest absolute Gasteiger partial charge is 0.494 e. The Kier molecular flexibility index (Phi) is 7.67. The van der Waals surface area contributed by atoms with Gasteiger partial charge < -0.3 is 29.4 Å². The maximum absolute atomic E-state index is 13.1. The first kappa shape index (κ1) is 26.7. The summed E-state index contributed by atoms with van der Waals surface area (Å²) in [7, 11) is 3.02. The molecule has 2 amide bonds. The van der Waals surface area contributed by atoms with Gasteiger partial charge in [0.05, 0.1) is 18.9 Å². The monoisotopic (exact) mass is 546 g/mol. The zero-order valence-electron chi connectivity index (χ0n) is 22.2. The quantitative estimate of drug-likeness (QED) is 0.357. The minimum atomic E-state index is -1.13. The van der Waals surface area contributed by atoms with Crippen molar-refractivity contribution < 1.29 is 23.8 Å². The number of benzene rings is 2. The number of rotatable bonds is 7. The third-order valence-electron chi connectivity index (χ3n) is 6.94. The average Bonchev–Trinajstić information content (AvgIpc) is 3.23. The van der Waals surface area contributed by atoms with Crippen LogP contribution in [0.4, 0.5) is 10.8 Å². The van der Waals surface area contributed by atoms with Crippen LogP contribution in [0.15, 0.2) is 63.9 Å². The first-order chi connectivity index (χ1) is 19.3. The fourth-order valence-electron chi connectivity index (χ4n) is 4.73. The summed E-state index contributed by atoms with van der Waals surface area (Å²) in [6, 6.07) is 13.4. The Hall–Kier alpha value is -4.87. The van der Waals surface area contributed by atoms with E-state index in [9.17, 15) is 19.5 Å². The lowest BCUT2D eigenvalue weighted by atomic mass is 10.0. The molecule has 4 aromatic rings. The summed E-state index contributed by atoms with van der Waals surface area (Å²) in [5.41, 5.74) is 2.84. The number of carboxylic acid groups (broad SMARTS) is 1. The van der Waals surface area contributed by atoms with E-state index in [0.717, 1.165) is 5.52 Å². The molecule has 0 bridgehead atoms. The number of anilines is 1. The molecule has 1 aliphatic rings. The number of hydrogen-bond acceptors (Lipinski definition) is 8. The molecule has 0 spiro atoms. The number of ether oxygens (including phenoxy) is 1. The molecular weight excluding hydrogens is 516 g/mol. The number of carboxylic acids is 1. The lowest BCUT2D eigenvalue weighted by molar-refractivity contribution is -0.139. The smallest absolute Gasteiger partial charge is 0.326 e. The highest BCUT2D eigenvalue weighted by molar-refractivity contribution is 5.83. The Morgan fingerprint density at radius 2 is 1.88 bits per heavy atom. The summed E-state index contributed by atoms with van der Waals surface area (Å²) in [6.07, 6.45) is 2.23. The highest BCUT2D eigenvalue weighted by atomic mass is 16.5. The van der Waals surface area contributed by atoms with Gasteiger partial charge in [-0.25, -0.2) is 14.3 Å². The SMILES string of the molecule is COc1cnn(C)c(=O)c1-c1ccc(C[C@H](NC(=O)N2CCCN(c3nc4ccccc4o3)CC2)C(=O)O)cc1. The molecule has 12 nitrogen and oxygen atoms in total. The summed E-state index contributed by atoms with van der Waals surface area (Å²) < 4.78 is 12.4. The van der Waals surface area contributed by atoms with Gasteiger partial charge in [0.25, 0.3) is 11.6 Å². The van der Waals surface area contributed by atoms with Gasteiger partial charge in [-0.15, -0.1) is 0 Å². The Labute approximate surface area is 229 Å². The second kappa shape index (κ2) is 11.5. The number of para-hydroxylation sites is 2. The van der Waals surface area contributed by atoms with E-state index in [1.807, 2.05) is 29.2 Å². The third kappa shape index (κ3) is 5.60. The van der Waals surface area contributed by atoms with E-state index in [2.05, 4.69) is 15.4 Å². The van der Waals surface area contributed by atoms with Crippen molar-refractivity contribution in [2.24, 2.45) is 7.05 Å². The molecule has 1 atom stereocenters. The number of oxazole rings is 1. The van der Waals surface area contributed by atoms with Gasteiger partial charge in [-0.2, -0.15) is 10.1 Å². The first-order valence-corrected chi connectivity index (χ1v) is 12.9. The molecule has 0 aliphatic carbocycles. The highest BCUT2D eigenvalue weighted by Crippen LogP contribution is 2.26. The number of methoxy groups -OCH3 is 1. The molecule has 1 fully saturated rings. The summed E-state index contributed by atoms with van der Waals surface area (Å²) in [4.78, 5) is 45.9. The molecule has 5 rings (SSSR count). The fraction of sp³-hybridized carbons (Fsp3) is 0.321. The van der Waals surface area contributed by atoms with Crippen LogP contribution in [0.5, 0.6) is 5.75 Å². The van der Waals surface area contributed by atoms with Crippen molar-refractivity contribution in [3.63, 3.8) is 0 Å². The molecule has 3 heterocycles. The number of nitrogens with zero attached hydrogens (tertiary/aromatic N) is 5. The third-order valence-corrected chi connectivity index (χ3v) is 6.94. The van der Waals surface area contributed by atoms with Crippen molar-refractivity contribution in [1.82, 2.24) is 25.0 Å². The summed E-state index contributed by atoms with van der Waals surface area (Å²) in [6.45, 7) is 2.05. The number of urea groups is 1. The van der Waals surface area contributed by atoms with Gasteiger partial charge in [-0.3, -0.25) is 4.79 Å². The highest BCUT2D eigenvalue weighted by Gasteiger charge is 2.26. The lowest BCUT2D eigenvalue weighted by Crippen LogP contribution is -2.49. The zero-order chi connectivity index (χ0) is 28.2. The van der Waals surface area contributed by atoms with Crippen LogP contribution in [0.2, 0.25) is 0 Å². The molecule has 208 valence electrons. The molecule has 1 aliphatic heterocycles. The molecule has 2 aromatic heterocycles. The van der Waals surface area contributed by atoms with Crippen LogP contribution in [0.3, 0.4) is 0 Å².